The summed E-state index contributed by atoms with van der Waals surface area (Å²) >= 11 is 11.5. The lowest BCUT2D eigenvalue weighted by Gasteiger charge is -2.08. The van der Waals surface area contributed by atoms with E-state index >= 15 is 0 Å². The van der Waals surface area contributed by atoms with Crippen molar-refractivity contribution in [2.45, 2.75) is 4.90 Å². The van der Waals surface area contributed by atoms with E-state index in [0.29, 0.717) is 0 Å². The van der Waals surface area contributed by atoms with Crippen LogP contribution in [-0.2, 0) is 14.8 Å². The molecule has 0 saturated heterocycles. The van der Waals surface area contributed by atoms with E-state index in [1.807, 2.05) is 0 Å². The van der Waals surface area contributed by atoms with Gasteiger partial charge in [0, 0.05) is 11.6 Å². The van der Waals surface area contributed by atoms with Crippen molar-refractivity contribution in [1.82, 2.24) is 10.0 Å². The second-order valence-electron chi connectivity index (χ2n) is 3.47. The van der Waals surface area contributed by atoms with E-state index in [1.54, 1.807) is 0 Å². The van der Waals surface area contributed by atoms with Gasteiger partial charge in [0.2, 0.25) is 15.9 Å². The fraction of sp³-hybridized carbons (Fsp3) is 0.300. The summed E-state index contributed by atoms with van der Waals surface area (Å²) in [5.41, 5.74) is 0. The van der Waals surface area contributed by atoms with Crippen LogP contribution in [0.1, 0.15) is 0 Å². The lowest BCUT2D eigenvalue weighted by Crippen LogP contribution is -2.38. The Morgan fingerprint density at radius 2 is 2.00 bits per heavy atom. The third kappa shape index (κ3) is 4.96. The highest BCUT2D eigenvalue weighted by Crippen LogP contribution is 2.24. The molecule has 0 radical (unpaired) electrons. The normalized spacial score (nSPS) is 11.3. The SMILES string of the molecule is O=C(CNS(=O)(=O)c1cc(Cl)ccc1Cl)NCCO. The smallest absolute Gasteiger partial charge is 0.242 e. The number of rotatable bonds is 6. The molecule has 1 aromatic rings. The maximum absolute atomic E-state index is 11.9. The summed E-state index contributed by atoms with van der Waals surface area (Å²) < 4.78 is 25.9. The van der Waals surface area contributed by atoms with Crippen molar-refractivity contribution in [2.24, 2.45) is 0 Å². The van der Waals surface area contributed by atoms with Gasteiger partial charge in [-0.2, -0.15) is 0 Å². The molecule has 0 unspecified atom stereocenters. The Bertz CT molecular complexity index is 563. The maximum Gasteiger partial charge on any atom is 0.242 e. The third-order valence-corrected chi connectivity index (χ3v) is 4.16. The van der Waals surface area contributed by atoms with Crippen LogP contribution in [0.15, 0.2) is 23.1 Å². The zero-order chi connectivity index (χ0) is 14.5. The highest BCUT2D eigenvalue weighted by atomic mass is 35.5. The molecule has 0 spiro atoms. The number of sulfonamides is 1. The Balaban J connectivity index is 2.76. The Hall–Kier alpha value is -0.860. The zero-order valence-corrected chi connectivity index (χ0v) is 12.0. The van der Waals surface area contributed by atoms with Gasteiger partial charge in [-0.1, -0.05) is 23.2 Å². The lowest BCUT2D eigenvalue weighted by atomic mass is 10.4. The third-order valence-electron chi connectivity index (χ3n) is 2.04. The second kappa shape index (κ2) is 7.06. The first-order valence-electron chi connectivity index (χ1n) is 5.19. The minimum atomic E-state index is -3.92. The summed E-state index contributed by atoms with van der Waals surface area (Å²) in [6.45, 7) is -0.623. The number of nitrogens with one attached hydrogen (secondary N) is 2. The molecule has 0 aliphatic rings. The minimum absolute atomic E-state index is 0.00710. The summed E-state index contributed by atoms with van der Waals surface area (Å²) in [6.07, 6.45) is 0. The van der Waals surface area contributed by atoms with E-state index in [0.717, 1.165) is 0 Å². The van der Waals surface area contributed by atoms with Crippen molar-refractivity contribution in [3.8, 4) is 0 Å². The van der Waals surface area contributed by atoms with Crippen LogP contribution >= 0.6 is 23.2 Å². The lowest BCUT2D eigenvalue weighted by molar-refractivity contribution is -0.120. The largest absolute Gasteiger partial charge is 0.395 e. The topological polar surface area (TPSA) is 95.5 Å². The van der Waals surface area contributed by atoms with Crippen molar-refractivity contribution in [3.05, 3.63) is 28.2 Å². The summed E-state index contributed by atoms with van der Waals surface area (Å²) in [4.78, 5) is 11.0. The van der Waals surface area contributed by atoms with Gasteiger partial charge in [-0.05, 0) is 18.2 Å². The predicted octanol–water partition coefficient (Wildman–Crippen LogP) is 0.380. The molecule has 3 N–H and O–H groups in total. The van der Waals surface area contributed by atoms with E-state index in [1.165, 1.54) is 18.2 Å². The molecule has 106 valence electrons. The van der Waals surface area contributed by atoms with Crippen LogP contribution in [0.3, 0.4) is 0 Å². The molecule has 0 atom stereocenters. The van der Waals surface area contributed by atoms with Gasteiger partial charge in [0.1, 0.15) is 4.90 Å². The van der Waals surface area contributed by atoms with Crippen molar-refractivity contribution < 1.29 is 18.3 Å². The van der Waals surface area contributed by atoms with Crippen LogP contribution in [0.5, 0.6) is 0 Å². The van der Waals surface area contributed by atoms with Crippen molar-refractivity contribution in [2.75, 3.05) is 19.7 Å². The monoisotopic (exact) mass is 326 g/mol. The van der Waals surface area contributed by atoms with Crippen LogP contribution < -0.4 is 10.0 Å². The number of carbonyl (C=O) groups excluding carboxylic acids is 1. The van der Waals surface area contributed by atoms with Gasteiger partial charge < -0.3 is 10.4 Å². The van der Waals surface area contributed by atoms with Gasteiger partial charge in [-0.3, -0.25) is 4.79 Å². The second-order valence-corrected chi connectivity index (χ2v) is 6.05. The highest BCUT2D eigenvalue weighted by Gasteiger charge is 2.19. The molecule has 0 heterocycles. The number of benzene rings is 1. The average molecular weight is 327 g/mol. The van der Waals surface area contributed by atoms with Gasteiger partial charge in [0.25, 0.3) is 0 Å². The number of hydrogen-bond donors (Lipinski definition) is 3. The summed E-state index contributed by atoms with van der Waals surface area (Å²) in [7, 11) is -3.92. The van der Waals surface area contributed by atoms with Gasteiger partial charge >= 0.3 is 0 Å². The van der Waals surface area contributed by atoms with Crippen LogP contribution in [0, 0.1) is 0 Å². The van der Waals surface area contributed by atoms with E-state index < -0.39 is 22.5 Å². The molecule has 6 nitrogen and oxygen atoms in total. The number of aliphatic hydroxyl groups is 1. The van der Waals surface area contributed by atoms with Gasteiger partial charge in [-0.15, -0.1) is 0 Å². The van der Waals surface area contributed by atoms with Crippen molar-refractivity contribution in [3.63, 3.8) is 0 Å². The molecule has 0 fully saturated rings. The van der Waals surface area contributed by atoms with Crippen LogP contribution in [0.25, 0.3) is 0 Å². The average Bonchev–Trinajstić information content (AvgIpc) is 2.36. The van der Waals surface area contributed by atoms with Crippen LogP contribution in [0.2, 0.25) is 10.0 Å². The van der Waals surface area contributed by atoms with Gasteiger partial charge in [0.15, 0.2) is 0 Å². The number of halogens is 2. The standard InChI is InChI=1S/C10H12Cl2N2O4S/c11-7-1-2-8(12)9(5-7)19(17,18)14-6-10(16)13-3-4-15/h1-2,5,14-15H,3-4,6H2,(H,13,16). The number of carbonyl (C=O) groups is 1. The molecule has 1 aromatic carbocycles. The molecule has 0 aromatic heterocycles. The van der Waals surface area contributed by atoms with E-state index in [4.69, 9.17) is 28.3 Å². The molecular weight excluding hydrogens is 315 g/mol. The molecule has 0 bridgehead atoms. The fourth-order valence-electron chi connectivity index (χ4n) is 1.18. The van der Waals surface area contributed by atoms with E-state index in [-0.39, 0.29) is 28.1 Å². The minimum Gasteiger partial charge on any atom is -0.395 e. The van der Waals surface area contributed by atoms with Crippen LogP contribution in [0.4, 0.5) is 0 Å². The number of aliphatic hydroxyl groups excluding tert-OH is 1. The number of hydrogen-bond acceptors (Lipinski definition) is 4. The molecule has 9 heteroatoms. The number of amides is 1. The van der Waals surface area contributed by atoms with Crippen molar-refractivity contribution in [1.29, 1.82) is 0 Å². The molecule has 1 rings (SSSR count). The predicted molar refractivity (Wildman–Crippen MR) is 71.7 cm³/mol. The first-order chi connectivity index (χ1) is 8.86. The Morgan fingerprint density at radius 3 is 2.63 bits per heavy atom. The highest BCUT2D eigenvalue weighted by molar-refractivity contribution is 7.89. The Morgan fingerprint density at radius 1 is 1.32 bits per heavy atom. The Kier molecular flexibility index (Phi) is 6.02. The maximum atomic E-state index is 11.9. The molecule has 0 aliphatic carbocycles. The van der Waals surface area contributed by atoms with Gasteiger partial charge in [0.05, 0.1) is 18.2 Å². The molecule has 19 heavy (non-hydrogen) atoms. The van der Waals surface area contributed by atoms with E-state index in [9.17, 15) is 13.2 Å². The fourth-order valence-corrected chi connectivity index (χ4v) is 2.92. The zero-order valence-electron chi connectivity index (χ0n) is 9.69. The first kappa shape index (κ1) is 16.2. The Labute approximate surface area is 120 Å². The summed E-state index contributed by atoms with van der Waals surface area (Å²) in [5, 5.41) is 11.0. The molecule has 1 amide bonds. The van der Waals surface area contributed by atoms with Gasteiger partial charge in [-0.25, -0.2) is 13.1 Å². The molecule has 0 saturated carbocycles. The quantitative estimate of drug-likeness (QED) is 0.704. The van der Waals surface area contributed by atoms with Crippen LogP contribution in [-0.4, -0.2) is 39.1 Å². The summed E-state index contributed by atoms with van der Waals surface area (Å²) in [5.74, 6) is -0.559. The van der Waals surface area contributed by atoms with Crippen molar-refractivity contribution >= 4 is 39.1 Å². The molecular formula is C10H12Cl2N2O4S. The molecule has 0 aliphatic heterocycles. The summed E-state index contributed by atoms with van der Waals surface area (Å²) in [6, 6.07) is 4.00. The first-order valence-corrected chi connectivity index (χ1v) is 7.43. The van der Waals surface area contributed by atoms with E-state index in [2.05, 4.69) is 10.0 Å².